The van der Waals surface area contributed by atoms with E-state index in [1.807, 2.05) is 0 Å². The van der Waals surface area contributed by atoms with Crippen molar-refractivity contribution in [1.29, 1.82) is 0 Å². The summed E-state index contributed by atoms with van der Waals surface area (Å²) < 4.78 is 19.6. The summed E-state index contributed by atoms with van der Waals surface area (Å²) in [5, 5.41) is 19.7. The summed E-state index contributed by atoms with van der Waals surface area (Å²) in [6.07, 6.45) is 0.118. The molecule has 1 fully saturated rings. The number of aliphatic imine (C=N–C) groups is 1. The molecule has 1 aliphatic rings. The number of aliphatic hydroxyl groups excluding tert-OH is 1. The second-order valence-corrected chi connectivity index (χ2v) is 6.31. The average molecular weight is 290 g/mol. The van der Waals surface area contributed by atoms with Gasteiger partial charge in [0.25, 0.3) is 0 Å². The van der Waals surface area contributed by atoms with Crippen LogP contribution in [0.15, 0.2) is 4.99 Å². The number of aliphatic hydroxyl groups is 2. The molecule has 1 aliphatic heterocycles. The highest BCUT2D eigenvalue weighted by atomic mass is 19.1. The van der Waals surface area contributed by atoms with E-state index in [9.17, 15) is 9.50 Å². The first-order valence-electron chi connectivity index (χ1n) is 7.17. The molecule has 0 radical (unpaired) electrons. The van der Waals surface area contributed by atoms with Gasteiger partial charge in [0.15, 0.2) is 12.4 Å². The SMILES string of the molecule is CCCC(C)(C)CCC1(O)C(N=CN)OC(CO)C1F. The maximum Gasteiger partial charge on any atom is 0.182 e. The number of nitrogens with zero attached hydrogens (tertiary/aromatic N) is 1. The Morgan fingerprint density at radius 2 is 2.10 bits per heavy atom. The van der Waals surface area contributed by atoms with Crippen LogP contribution in [0, 0.1) is 5.41 Å². The fraction of sp³-hybridized carbons (Fsp3) is 0.929. The lowest BCUT2D eigenvalue weighted by Crippen LogP contribution is -2.46. The van der Waals surface area contributed by atoms with Crippen LogP contribution in [0.5, 0.6) is 0 Å². The number of nitrogens with two attached hydrogens (primary N) is 1. The number of alkyl halides is 1. The van der Waals surface area contributed by atoms with Crippen molar-refractivity contribution in [3.63, 3.8) is 0 Å². The summed E-state index contributed by atoms with van der Waals surface area (Å²) in [4.78, 5) is 3.80. The van der Waals surface area contributed by atoms with E-state index in [1.54, 1.807) is 0 Å². The van der Waals surface area contributed by atoms with Crippen molar-refractivity contribution in [1.82, 2.24) is 0 Å². The normalized spacial score (nSPS) is 35.0. The van der Waals surface area contributed by atoms with Gasteiger partial charge in [-0.1, -0.05) is 27.2 Å². The van der Waals surface area contributed by atoms with Crippen LogP contribution >= 0.6 is 0 Å². The Bertz CT molecular complexity index is 338. The molecule has 0 aromatic heterocycles. The first-order chi connectivity index (χ1) is 9.30. The van der Waals surface area contributed by atoms with Crippen molar-refractivity contribution in [2.45, 2.75) is 70.6 Å². The molecule has 0 aromatic rings. The van der Waals surface area contributed by atoms with E-state index >= 15 is 0 Å². The smallest absolute Gasteiger partial charge is 0.182 e. The zero-order chi connectivity index (χ0) is 15.4. The van der Waals surface area contributed by atoms with E-state index in [-0.39, 0.29) is 11.8 Å². The Morgan fingerprint density at radius 1 is 1.45 bits per heavy atom. The van der Waals surface area contributed by atoms with Crippen molar-refractivity contribution in [2.75, 3.05) is 6.61 Å². The van der Waals surface area contributed by atoms with Crippen molar-refractivity contribution in [3.8, 4) is 0 Å². The maximum atomic E-state index is 14.3. The predicted molar refractivity (Wildman–Crippen MR) is 76.2 cm³/mol. The first-order valence-corrected chi connectivity index (χ1v) is 7.17. The quantitative estimate of drug-likeness (QED) is 0.488. The van der Waals surface area contributed by atoms with Crippen molar-refractivity contribution < 1.29 is 19.3 Å². The molecule has 0 aliphatic carbocycles. The lowest BCUT2D eigenvalue weighted by Gasteiger charge is -2.32. The minimum Gasteiger partial charge on any atom is -0.394 e. The fourth-order valence-electron chi connectivity index (χ4n) is 2.79. The zero-order valence-electron chi connectivity index (χ0n) is 12.6. The number of rotatable bonds is 7. The van der Waals surface area contributed by atoms with Gasteiger partial charge in [0.1, 0.15) is 11.7 Å². The van der Waals surface area contributed by atoms with Crippen molar-refractivity contribution in [3.05, 3.63) is 0 Å². The molecule has 1 saturated heterocycles. The minimum absolute atomic E-state index is 0.0124. The summed E-state index contributed by atoms with van der Waals surface area (Å²) >= 11 is 0. The second kappa shape index (κ2) is 6.83. The molecule has 0 saturated carbocycles. The molecule has 0 bridgehead atoms. The Morgan fingerprint density at radius 3 is 2.60 bits per heavy atom. The van der Waals surface area contributed by atoms with Gasteiger partial charge in [0, 0.05) is 0 Å². The second-order valence-electron chi connectivity index (χ2n) is 6.31. The van der Waals surface area contributed by atoms with E-state index in [0.717, 1.165) is 19.2 Å². The summed E-state index contributed by atoms with van der Waals surface area (Å²) in [7, 11) is 0. The molecular formula is C14H27FN2O3. The molecule has 4 unspecified atom stereocenters. The van der Waals surface area contributed by atoms with E-state index in [2.05, 4.69) is 25.8 Å². The highest BCUT2D eigenvalue weighted by molar-refractivity contribution is 5.51. The predicted octanol–water partition coefficient (Wildman–Crippen LogP) is 1.37. The molecule has 4 atom stereocenters. The van der Waals surface area contributed by atoms with Crippen LogP contribution in [0.2, 0.25) is 0 Å². The average Bonchev–Trinajstić information content (AvgIpc) is 2.62. The van der Waals surface area contributed by atoms with E-state index in [1.165, 1.54) is 0 Å². The van der Waals surface area contributed by atoms with Crippen molar-refractivity contribution in [2.24, 2.45) is 16.1 Å². The van der Waals surface area contributed by atoms with Gasteiger partial charge < -0.3 is 20.7 Å². The Kier molecular flexibility index (Phi) is 5.91. The van der Waals surface area contributed by atoms with Gasteiger partial charge in [-0.3, -0.25) is 0 Å². The van der Waals surface area contributed by atoms with E-state index in [4.69, 9.17) is 15.6 Å². The van der Waals surface area contributed by atoms with Crippen LogP contribution in [-0.2, 0) is 4.74 Å². The van der Waals surface area contributed by atoms with Gasteiger partial charge in [0.2, 0.25) is 0 Å². The first kappa shape index (κ1) is 17.3. The Balaban J connectivity index is 2.81. The largest absolute Gasteiger partial charge is 0.394 e. The van der Waals surface area contributed by atoms with Crippen LogP contribution < -0.4 is 5.73 Å². The van der Waals surface area contributed by atoms with Crippen LogP contribution in [-0.4, -0.2) is 47.3 Å². The third kappa shape index (κ3) is 3.68. The molecule has 20 heavy (non-hydrogen) atoms. The topological polar surface area (TPSA) is 88.1 Å². The summed E-state index contributed by atoms with van der Waals surface area (Å²) in [6.45, 7) is 5.79. The van der Waals surface area contributed by atoms with Crippen molar-refractivity contribution >= 4 is 6.34 Å². The molecule has 0 aromatic carbocycles. The molecule has 0 spiro atoms. The van der Waals surface area contributed by atoms with Gasteiger partial charge in [-0.2, -0.15) is 0 Å². The third-order valence-electron chi connectivity index (χ3n) is 4.07. The lowest BCUT2D eigenvalue weighted by molar-refractivity contribution is -0.0684. The monoisotopic (exact) mass is 290 g/mol. The maximum absolute atomic E-state index is 14.3. The van der Waals surface area contributed by atoms with E-state index in [0.29, 0.717) is 6.42 Å². The standard InChI is InChI=1S/C14H27FN2O3/c1-4-5-13(2,3)6-7-14(19)11(15)10(8-18)20-12(14)17-9-16/h9-12,18-19H,4-8H2,1-3H3,(H2,16,17). The van der Waals surface area contributed by atoms with Gasteiger partial charge in [-0.05, 0) is 24.7 Å². The van der Waals surface area contributed by atoms with E-state index < -0.39 is 30.7 Å². The molecule has 4 N–H and O–H groups in total. The van der Waals surface area contributed by atoms with Crippen LogP contribution in [0.25, 0.3) is 0 Å². The molecule has 1 heterocycles. The van der Waals surface area contributed by atoms with Crippen LogP contribution in [0.1, 0.15) is 46.5 Å². The summed E-state index contributed by atoms with van der Waals surface area (Å²) in [5.41, 5.74) is 3.51. The highest BCUT2D eigenvalue weighted by Crippen LogP contribution is 2.41. The molecule has 118 valence electrons. The molecule has 0 amide bonds. The number of halogens is 1. The number of hydrogen-bond acceptors (Lipinski definition) is 4. The highest BCUT2D eigenvalue weighted by Gasteiger charge is 2.56. The molecule has 6 heteroatoms. The fourth-order valence-corrected chi connectivity index (χ4v) is 2.79. The van der Waals surface area contributed by atoms with Gasteiger partial charge in [0.05, 0.1) is 12.9 Å². The molecular weight excluding hydrogens is 263 g/mol. The zero-order valence-corrected chi connectivity index (χ0v) is 12.6. The Hall–Kier alpha value is -0.720. The summed E-state index contributed by atoms with van der Waals surface area (Å²) in [6, 6.07) is 0. The van der Waals surface area contributed by atoms with Crippen LogP contribution in [0.4, 0.5) is 4.39 Å². The number of hydrogen-bond donors (Lipinski definition) is 3. The molecule has 5 nitrogen and oxygen atoms in total. The lowest BCUT2D eigenvalue weighted by atomic mass is 9.78. The summed E-state index contributed by atoms with van der Waals surface area (Å²) in [5.74, 6) is 0. The van der Waals surface area contributed by atoms with Gasteiger partial charge in [-0.15, -0.1) is 0 Å². The van der Waals surface area contributed by atoms with Gasteiger partial charge >= 0.3 is 0 Å². The van der Waals surface area contributed by atoms with Crippen LogP contribution in [0.3, 0.4) is 0 Å². The number of ether oxygens (including phenoxy) is 1. The minimum atomic E-state index is -1.73. The third-order valence-corrected chi connectivity index (χ3v) is 4.07. The molecule has 1 rings (SSSR count). The Labute approximate surface area is 120 Å². The van der Waals surface area contributed by atoms with Gasteiger partial charge in [-0.25, -0.2) is 9.38 Å².